The summed E-state index contributed by atoms with van der Waals surface area (Å²) in [6.45, 7) is 10.1. The van der Waals surface area contributed by atoms with Gasteiger partial charge < -0.3 is 19.5 Å². The molecule has 0 radical (unpaired) electrons. The van der Waals surface area contributed by atoms with Gasteiger partial charge in [-0.05, 0) is 51.8 Å². The molecule has 9 heteroatoms. The third-order valence-corrected chi connectivity index (χ3v) is 5.68. The summed E-state index contributed by atoms with van der Waals surface area (Å²) in [5, 5.41) is 8.58. The summed E-state index contributed by atoms with van der Waals surface area (Å²) in [6.07, 6.45) is 0.779. The van der Waals surface area contributed by atoms with E-state index in [0.717, 1.165) is 17.7 Å². The molecule has 1 aliphatic heterocycles. The first-order valence-electron chi connectivity index (χ1n) is 10.5. The van der Waals surface area contributed by atoms with Crippen LogP contribution in [0.5, 0.6) is 11.5 Å². The van der Waals surface area contributed by atoms with Crippen molar-refractivity contribution in [2.45, 2.75) is 58.3 Å². The van der Waals surface area contributed by atoms with Crippen molar-refractivity contribution in [3.8, 4) is 11.5 Å². The van der Waals surface area contributed by atoms with Gasteiger partial charge in [-0.15, -0.1) is 5.10 Å². The maximum absolute atomic E-state index is 13.1. The van der Waals surface area contributed by atoms with Gasteiger partial charge in [0.25, 0.3) is 0 Å². The summed E-state index contributed by atoms with van der Waals surface area (Å²) in [7, 11) is 1.60. The van der Waals surface area contributed by atoms with Gasteiger partial charge in [0.2, 0.25) is 11.1 Å². The van der Waals surface area contributed by atoms with Crippen molar-refractivity contribution in [3.63, 3.8) is 0 Å². The van der Waals surface area contributed by atoms with Gasteiger partial charge in [0.05, 0.1) is 25.4 Å². The first-order chi connectivity index (χ1) is 14.9. The van der Waals surface area contributed by atoms with Crippen molar-refractivity contribution in [3.05, 3.63) is 35.0 Å². The molecule has 0 fully saturated rings. The zero-order chi connectivity index (χ0) is 22.5. The predicted molar refractivity (Wildman–Crippen MR) is 121 cm³/mol. The molecule has 0 aliphatic carbocycles. The Labute approximate surface area is 187 Å². The number of aromatic nitrogens is 3. The zero-order valence-corrected chi connectivity index (χ0v) is 19.7. The van der Waals surface area contributed by atoms with E-state index < -0.39 is 6.04 Å². The van der Waals surface area contributed by atoms with Crippen LogP contribution in [0.15, 0.2) is 34.6 Å². The number of allylic oxidation sites excluding steroid dienone is 1. The molecule has 31 heavy (non-hydrogen) atoms. The third kappa shape index (κ3) is 4.98. The summed E-state index contributed by atoms with van der Waals surface area (Å²) in [5.41, 5.74) is 2.01. The average molecular weight is 447 g/mol. The van der Waals surface area contributed by atoms with E-state index in [4.69, 9.17) is 19.3 Å². The van der Waals surface area contributed by atoms with Crippen LogP contribution in [0.2, 0.25) is 0 Å². The molecule has 3 rings (SSSR count). The minimum absolute atomic E-state index is 0.240. The molecule has 168 valence electrons. The quantitative estimate of drug-likeness (QED) is 0.447. The molecule has 2 heterocycles. The topological polar surface area (TPSA) is 87.5 Å². The number of methoxy groups -OCH3 is 1. The normalized spacial score (nSPS) is 15.5. The average Bonchev–Trinajstić information content (AvgIpc) is 3.13. The van der Waals surface area contributed by atoms with Gasteiger partial charge in [-0.1, -0.05) is 24.8 Å². The number of hydrogen-bond donors (Lipinski definition) is 1. The maximum Gasteiger partial charge on any atom is 0.338 e. The van der Waals surface area contributed by atoms with Gasteiger partial charge in [-0.2, -0.15) is 4.98 Å². The number of benzene rings is 1. The Morgan fingerprint density at radius 1 is 1.29 bits per heavy atom. The summed E-state index contributed by atoms with van der Waals surface area (Å²) in [5.74, 6) is 2.36. The standard InChI is InChI=1S/C22H30N4O4S/c1-7-11-31-22-24-21-23-14(5)18(20(27)30-13(3)4)19(26(21)25-22)15-9-10-16(29-8-2)17(12-15)28-6/h9-10,12-13,19H,7-8,11H2,1-6H3,(H,23,24,25). The van der Waals surface area contributed by atoms with Crippen molar-refractivity contribution in [2.24, 2.45) is 0 Å². The largest absolute Gasteiger partial charge is 0.493 e. The van der Waals surface area contributed by atoms with Crippen molar-refractivity contribution < 1.29 is 19.0 Å². The van der Waals surface area contributed by atoms with Gasteiger partial charge in [-0.25, -0.2) is 9.48 Å². The molecule has 1 unspecified atom stereocenters. The Hall–Kier alpha value is -2.68. The SMILES string of the molecule is CCCSc1nc2n(n1)C(c1ccc(OCC)c(OC)c1)C(C(=O)OC(C)C)=C(C)N2. The van der Waals surface area contributed by atoms with Crippen LogP contribution in [0.4, 0.5) is 5.95 Å². The molecule has 1 aromatic carbocycles. The lowest BCUT2D eigenvalue weighted by Crippen LogP contribution is -2.30. The summed E-state index contributed by atoms with van der Waals surface area (Å²) in [4.78, 5) is 17.7. The van der Waals surface area contributed by atoms with Crippen molar-refractivity contribution in [1.29, 1.82) is 0 Å². The maximum atomic E-state index is 13.1. The molecule has 0 saturated heterocycles. The Morgan fingerprint density at radius 2 is 2.06 bits per heavy atom. The van der Waals surface area contributed by atoms with E-state index in [2.05, 4.69) is 17.2 Å². The third-order valence-electron chi connectivity index (χ3n) is 4.63. The molecule has 1 aliphatic rings. The molecular formula is C22H30N4O4S. The number of rotatable bonds is 9. The summed E-state index contributed by atoms with van der Waals surface area (Å²) >= 11 is 1.59. The fraction of sp³-hybridized carbons (Fsp3) is 0.500. The fourth-order valence-electron chi connectivity index (χ4n) is 3.37. The number of ether oxygens (including phenoxy) is 3. The lowest BCUT2D eigenvalue weighted by molar-refractivity contribution is -0.143. The first-order valence-corrected chi connectivity index (χ1v) is 11.5. The number of carbonyl (C=O) groups is 1. The number of nitrogens with zero attached hydrogens (tertiary/aromatic N) is 3. The van der Waals surface area contributed by atoms with Crippen LogP contribution in [-0.2, 0) is 9.53 Å². The van der Waals surface area contributed by atoms with Gasteiger partial charge in [-0.3, -0.25) is 0 Å². The highest BCUT2D eigenvalue weighted by atomic mass is 32.2. The van der Waals surface area contributed by atoms with E-state index in [1.807, 2.05) is 45.9 Å². The van der Waals surface area contributed by atoms with Gasteiger partial charge in [0.1, 0.15) is 6.04 Å². The molecule has 0 spiro atoms. The summed E-state index contributed by atoms with van der Waals surface area (Å²) < 4.78 is 18.5. The van der Waals surface area contributed by atoms with Crippen molar-refractivity contribution in [2.75, 3.05) is 24.8 Å². The van der Waals surface area contributed by atoms with Crippen molar-refractivity contribution >= 4 is 23.7 Å². The van der Waals surface area contributed by atoms with Crippen LogP contribution in [0, 0.1) is 0 Å². The van der Waals surface area contributed by atoms with E-state index >= 15 is 0 Å². The van der Waals surface area contributed by atoms with Crippen LogP contribution in [0.3, 0.4) is 0 Å². The number of hydrogen-bond acceptors (Lipinski definition) is 8. The van der Waals surface area contributed by atoms with Gasteiger partial charge in [0, 0.05) is 11.4 Å². The second-order valence-corrected chi connectivity index (χ2v) is 8.44. The molecule has 8 nitrogen and oxygen atoms in total. The highest BCUT2D eigenvalue weighted by Crippen LogP contribution is 2.40. The van der Waals surface area contributed by atoms with Crippen LogP contribution >= 0.6 is 11.8 Å². The van der Waals surface area contributed by atoms with Crippen LogP contribution in [-0.4, -0.2) is 46.3 Å². The second kappa shape index (κ2) is 10.1. The summed E-state index contributed by atoms with van der Waals surface area (Å²) in [6, 6.07) is 5.14. The van der Waals surface area contributed by atoms with E-state index in [9.17, 15) is 4.79 Å². The monoisotopic (exact) mass is 446 g/mol. The van der Waals surface area contributed by atoms with Crippen LogP contribution in [0.1, 0.15) is 52.6 Å². The highest BCUT2D eigenvalue weighted by molar-refractivity contribution is 7.99. The Morgan fingerprint density at radius 3 is 2.71 bits per heavy atom. The minimum atomic E-state index is -0.504. The Balaban J connectivity index is 2.12. The van der Waals surface area contributed by atoms with Crippen LogP contribution < -0.4 is 14.8 Å². The smallest absolute Gasteiger partial charge is 0.338 e. The predicted octanol–water partition coefficient (Wildman–Crippen LogP) is 4.43. The lowest BCUT2D eigenvalue weighted by Gasteiger charge is -2.29. The molecule has 1 atom stereocenters. The molecule has 1 aromatic heterocycles. The number of thioether (sulfide) groups is 1. The van der Waals surface area contributed by atoms with E-state index in [0.29, 0.717) is 40.5 Å². The fourth-order valence-corrected chi connectivity index (χ4v) is 4.05. The van der Waals surface area contributed by atoms with Gasteiger partial charge >= 0.3 is 5.97 Å². The lowest BCUT2D eigenvalue weighted by atomic mass is 9.95. The Kier molecular flexibility index (Phi) is 7.48. The highest BCUT2D eigenvalue weighted by Gasteiger charge is 2.36. The molecule has 0 amide bonds. The van der Waals surface area contributed by atoms with E-state index in [1.165, 1.54) is 0 Å². The first kappa shape index (κ1) is 23.0. The van der Waals surface area contributed by atoms with Crippen molar-refractivity contribution in [1.82, 2.24) is 14.8 Å². The zero-order valence-electron chi connectivity index (χ0n) is 18.9. The molecule has 2 aromatic rings. The van der Waals surface area contributed by atoms with Gasteiger partial charge in [0.15, 0.2) is 11.5 Å². The number of esters is 1. The van der Waals surface area contributed by atoms with Crippen LogP contribution in [0.25, 0.3) is 0 Å². The minimum Gasteiger partial charge on any atom is -0.493 e. The molecular weight excluding hydrogens is 416 g/mol. The second-order valence-electron chi connectivity index (χ2n) is 7.37. The number of carbonyl (C=O) groups excluding carboxylic acids is 1. The van der Waals surface area contributed by atoms with E-state index in [-0.39, 0.29) is 12.1 Å². The number of fused-ring (bicyclic) bond motifs is 1. The molecule has 0 bridgehead atoms. The Bertz CT molecular complexity index is 970. The molecule has 1 N–H and O–H groups in total. The number of nitrogens with one attached hydrogen (secondary N) is 1. The molecule has 0 saturated carbocycles. The number of anilines is 1. The van der Waals surface area contributed by atoms with E-state index in [1.54, 1.807) is 23.6 Å².